The Morgan fingerprint density at radius 1 is 1.55 bits per heavy atom. The summed E-state index contributed by atoms with van der Waals surface area (Å²) in [6.07, 6.45) is 5.34. The highest BCUT2D eigenvalue weighted by molar-refractivity contribution is 6.30. The van der Waals surface area contributed by atoms with Crippen LogP contribution in [-0.4, -0.2) is 29.2 Å². The van der Waals surface area contributed by atoms with Crippen molar-refractivity contribution in [2.45, 2.75) is 12.5 Å². The summed E-state index contributed by atoms with van der Waals surface area (Å²) >= 11 is 6.01. The van der Waals surface area contributed by atoms with Gasteiger partial charge in [-0.15, -0.1) is 0 Å². The lowest BCUT2D eigenvalue weighted by atomic mass is 10.1. The Morgan fingerprint density at radius 3 is 3.10 bits per heavy atom. The second-order valence-electron chi connectivity index (χ2n) is 4.50. The number of hydrogen-bond donors (Lipinski definition) is 1. The van der Waals surface area contributed by atoms with Crippen molar-refractivity contribution in [1.29, 1.82) is 0 Å². The van der Waals surface area contributed by atoms with Gasteiger partial charge in [0.05, 0.1) is 12.3 Å². The number of pyridine rings is 1. The van der Waals surface area contributed by atoms with E-state index >= 15 is 0 Å². The number of nitrogens with zero attached hydrogens (tertiary/aromatic N) is 3. The maximum absolute atomic E-state index is 13.8. The molecule has 0 radical (unpaired) electrons. The second kappa shape index (κ2) is 5.68. The fraction of sp³-hybridized carbons (Fsp3) is 0.308. The fourth-order valence-electron chi connectivity index (χ4n) is 1.88. The quantitative estimate of drug-likeness (QED) is 0.525. The molecule has 1 aliphatic rings. The summed E-state index contributed by atoms with van der Waals surface area (Å²) in [5.41, 5.74) is 0.399. The van der Waals surface area contributed by atoms with E-state index in [-0.39, 0.29) is 5.15 Å². The third-order valence-corrected chi connectivity index (χ3v) is 3.43. The first kappa shape index (κ1) is 13.2. The average molecular weight is 296 g/mol. The van der Waals surface area contributed by atoms with Crippen LogP contribution < -0.4 is 14.6 Å². The van der Waals surface area contributed by atoms with Crippen molar-refractivity contribution in [3.63, 3.8) is 0 Å². The summed E-state index contributed by atoms with van der Waals surface area (Å²) < 4.78 is 20.6. The molecular formula is C13H13ClFN4O+. The van der Waals surface area contributed by atoms with Gasteiger partial charge in [-0.2, -0.15) is 8.96 Å². The van der Waals surface area contributed by atoms with Gasteiger partial charge >= 0.3 is 0 Å². The lowest BCUT2D eigenvalue weighted by molar-refractivity contribution is -0.631. The molecule has 7 heteroatoms. The molecule has 0 saturated carbocycles. The highest BCUT2D eigenvalue weighted by atomic mass is 35.5. The maximum Gasteiger partial charge on any atom is 0.293 e. The topological polar surface area (TPSA) is 50.9 Å². The van der Waals surface area contributed by atoms with Gasteiger partial charge in [-0.1, -0.05) is 16.6 Å². The van der Waals surface area contributed by atoms with Gasteiger partial charge < -0.3 is 10.1 Å². The molecule has 2 aromatic rings. The molecule has 104 valence electrons. The number of ether oxygens (including phenoxy) is 1. The van der Waals surface area contributed by atoms with Gasteiger partial charge in [0, 0.05) is 12.1 Å². The van der Waals surface area contributed by atoms with Crippen LogP contribution in [0.3, 0.4) is 0 Å². The number of nitrogens with one attached hydrogen (secondary N) is 1. The van der Waals surface area contributed by atoms with Crippen LogP contribution in [0, 0.1) is 5.95 Å². The van der Waals surface area contributed by atoms with E-state index in [1.54, 1.807) is 6.07 Å². The zero-order chi connectivity index (χ0) is 13.9. The van der Waals surface area contributed by atoms with E-state index in [0.717, 1.165) is 13.0 Å². The molecule has 1 atom stereocenters. The van der Waals surface area contributed by atoms with Crippen LogP contribution in [0.4, 0.5) is 4.39 Å². The predicted molar refractivity (Wildman–Crippen MR) is 70.4 cm³/mol. The zero-order valence-corrected chi connectivity index (χ0v) is 11.3. The van der Waals surface area contributed by atoms with Crippen molar-refractivity contribution in [1.82, 2.24) is 15.3 Å². The first-order chi connectivity index (χ1) is 9.74. The third kappa shape index (κ3) is 2.71. The largest absolute Gasteiger partial charge is 0.490 e. The Hall–Kier alpha value is -1.79. The van der Waals surface area contributed by atoms with Crippen LogP contribution >= 0.6 is 11.6 Å². The van der Waals surface area contributed by atoms with Gasteiger partial charge in [-0.05, 0) is 13.0 Å². The summed E-state index contributed by atoms with van der Waals surface area (Å²) in [5.74, 6) is 0.0790. The molecule has 3 rings (SSSR count). The number of hydrogen-bond acceptors (Lipinski definition) is 4. The normalized spacial score (nSPS) is 17.6. The van der Waals surface area contributed by atoms with E-state index in [4.69, 9.17) is 16.3 Å². The smallest absolute Gasteiger partial charge is 0.293 e. The molecule has 1 saturated heterocycles. The Kier molecular flexibility index (Phi) is 3.75. The summed E-state index contributed by atoms with van der Waals surface area (Å²) in [5, 5.41) is 3.43. The third-order valence-electron chi connectivity index (χ3n) is 3.14. The lowest BCUT2D eigenvalue weighted by Crippen LogP contribution is -2.46. The van der Waals surface area contributed by atoms with Gasteiger partial charge in [0.15, 0.2) is 10.8 Å². The van der Waals surface area contributed by atoms with E-state index in [9.17, 15) is 4.39 Å². The maximum atomic E-state index is 13.8. The Balaban J connectivity index is 1.84. The summed E-state index contributed by atoms with van der Waals surface area (Å²) in [4.78, 5) is 7.90. The first-order valence-corrected chi connectivity index (χ1v) is 6.65. The monoisotopic (exact) mass is 295 g/mol. The number of rotatable bonds is 4. The summed E-state index contributed by atoms with van der Waals surface area (Å²) in [6, 6.07) is 3.28. The van der Waals surface area contributed by atoms with Crippen LogP contribution in [0.15, 0.2) is 30.9 Å². The molecule has 3 heterocycles. The molecule has 0 amide bonds. The molecule has 5 nitrogen and oxygen atoms in total. The van der Waals surface area contributed by atoms with E-state index in [0.29, 0.717) is 24.1 Å². The predicted octanol–water partition coefficient (Wildman–Crippen LogP) is 1.29. The standard InChI is InChI=1S/C13H13ClFN4O/c14-13-11(19-8-16-3-2-12(19)15)5-10(6-18-13)20-7-9-1-4-17-9/h2-3,5-6,8-9,17H,1,4,7H2/q+1/t9-/m0/s1. The minimum atomic E-state index is -0.471. The molecule has 0 unspecified atom stereocenters. The molecule has 2 aromatic heterocycles. The Morgan fingerprint density at radius 2 is 2.40 bits per heavy atom. The van der Waals surface area contributed by atoms with Crippen LogP contribution in [0.2, 0.25) is 5.15 Å². The minimum Gasteiger partial charge on any atom is -0.490 e. The number of aromatic nitrogens is 3. The van der Waals surface area contributed by atoms with Gasteiger partial charge in [0.25, 0.3) is 12.3 Å². The van der Waals surface area contributed by atoms with Crippen molar-refractivity contribution in [2.24, 2.45) is 0 Å². The molecule has 1 N–H and O–H groups in total. The van der Waals surface area contributed by atoms with Gasteiger partial charge in [-0.25, -0.2) is 4.98 Å². The van der Waals surface area contributed by atoms with E-state index in [1.807, 2.05) is 0 Å². The van der Waals surface area contributed by atoms with Gasteiger partial charge in [-0.3, -0.25) is 0 Å². The van der Waals surface area contributed by atoms with Gasteiger partial charge in [0.1, 0.15) is 18.6 Å². The molecule has 20 heavy (non-hydrogen) atoms. The SMILES string of the molecule is Fc1ccnc[n+]1-c1cc(OC[C@@H]2CCN2)cnc1Cl. The van der Waals surface area contributed by atoms with Crippen LogP contribution in [0.1, 0.15) is 6.42 Å². The Bertz CT molecular complexity index is 621. The van der Waals surface area contributed by atoms with Crippen LogP contribution in [-0.2, 0) is 0 Å². The van der Waals surface area contributed by atoms with E-state index in [2.05, 4.69) is 15.3 Å². The molecule has 1 fully saturated rings. The number of halogens is 2. The van der Waals surface area contributed by atoms with E-state index in [1.165, 1.54) is 29.4 Å². The van der Waals surface area contributed by atoms with Crippen molar-refractivity contribution < 1.29 is 13.7 Å². The molecule has 0 spiro atoms. The van der Waals surface area contributed by atoms with Crippen LogP contribution in [0.5, 0.6) is 5.75 Å². The molecule has 0 aromatic carbocycles. The highest BCUT2D eigenvalue weighted by Gasteiger charge is 2.19. The fourth-order valence-corrected chi connectivity index (χ4v) is 2.07. The highest BCUT2D eigenvalue weighted by Crippen LogP contribution is 2.20. The van der Waals surface area contributed by atoms with Crippen LogP contribution in [0.25, 0.3) is 5.69 Å². The molecule has 1 aliphatic heterocycles. The first-order valence-electron chi connectivity index (χ1n) is 6.27. The average Bonchev–Trinajstić information content (AvgIpc) is 2.40. The second-order valence-corrected chi connectivity index (χ2v) is 4.86. The summed E-state index contributed by atoms with van der Waals surface area (Å²) in [7, 11) is 0. The van der Waals surface area contributed by atoms with Crippen molar-refractivity contribution in [3.05, 3.63) is 42.0 Å². The zero-order valence-electron chi connectivity index (χ0n) is 10.6. The Labute approximate surface area is 120 Å². The molecular weight excluding hydrogens is 283 g/mol. The van der Waals surface area contributed by atoms with Crippen molar-refractivity contribution >= 4 is 11.6 Å². The molecule has 0 bridgehead atoms. The van der Waals surface area contributed by atoms with Gasteiger partial charge in [0.2, 0.25) is 0 Å². The lowest BCUT2D eigenvalue weighted by Gasteiger charge is -2.27. The van der Waals surface area contributed by atoms with E-state index < -0.39 is 5.95 Å². The van der Waals surface area contributed by atoms with Crippen molar-refractivity contribution in [3.8, 4) is 11.4 Å². The van der Waals surface area contributed by atoms with Crippen molar-refractivity contribution in [2.75, 3.05) is 13.2 Å². The minimum absolute atomic E-state index is 0.191. The summed E-state index contributed by atoms with van der Waals surface area (Å²) in [6.45, 7) is 1.58. The molecule has 0 aliphatic carbocycles.